The molecule has 0 saturated heterocycles. The van der Waals surface area contributed by atoms with Crippen LogP contribution in [0.1, 0.15) is 22.2 Å². The fourth-order valence-electron chi connectivity index (χ4n) is 2.92. The van der Waals surface area contributed by atoms with Crippen LogP contribution in [0.5, 0.6) is 0 Å². The number of amides is 2. The molecule has 150 valence electrons. The van der Waals surface area contributed by atoms with Gasteiger partial charge >= 0.3 is 0 Å². The molecule has 1 unspecified atom stereocenters. The van der Waals surface area contributed by atoms with E-state index in [-0.39, 0.29) is 17.6 Å². The van der Waals surface area contributed by atoms with Crippen molar-refractivity contribution in [2.45, 2.75) is 12.5 Å². The third-order valence-corrected chi connectivity index (χ3v) is 4.41. The first-order valence-corrected chi connectivity index (χ1v) is 9.21. The molecule has 1 atom stereocenters. The summed E-state index contributed by atoms with van der Waals surface area (Å²) < 4.78 is 6.50. The van der Waals surface area contributed by atoms with E-state index in [1.807, 2.05) is 30.3 Å². The molecule has 0 spiro atoms. The highest BCUT2D eigenvalue weighted by molar-refractivity contribution is 6.02. The molecule has 0 saturated carbocycles. The van der Waals surface area contributed by atoms with Crippen LogP contribution in [0.15, 0.2) is 83.7 Å². The van der Waals surface area contributed by atoms with Crippen molar-refractivity contribution in [1.82, 2.24) is 20.2 Å². The molecule has 2 aromatic heterocycles. The summed E-state index contributed by atoms with van der Waals surface area (Å²) in [6.07, 6.45) is 3.29. The zero-order chi connectivity index (χ0) is 20.8. The number of carbonyl (C=O) groups is 2. The Morgan fingerprint density at radius 3 is 2.30 bits per heavy atom. The highest BCUT2D eigenvalue weighted by atomic mass is 16.3. The maximum Gasteiger partial charge on any atom is 0.291 e. The lowest BCUT2D eigenvalue weighted by atomic mass is 10.1. The molecule has 0 radical (unpaired) electrons. The molecule has 0 fully saturated rings. The number of anilines is 2. The summed E-state index contributed by atoms with van der Waals surface area (Å²) in [6, 6.07) is 19.0. The van der Waals surface area contributed by atoms with Crippen LogP contribution < -0.4 is 10.6 Å². The van der Waals surface area contributed by atoms with Gasteiger partial charge < -0.3 is 15.1 Å². The Morgan fingerprint density at radius 2 is 1.67 bits per heavy atom. The lowest BCUT2D eigenvalue weighted by molar-refractivity contribution is -0.119. The summed E-state index contributed by atoms with van der Waals surface area (Å²) in [5.41, 5.74) is 2.15. The van der Waals surface area contributed by atoms with Crippen molar-refractivity contribution in [2.75, 3.05) is 10.6 Å². The number of carbonyl (C=O) groups excluding carboxylic acids is 2. The number of nitrogens with one attached hydrogen (secondary N) is 2. The molecule has 9 heteroatoms. The predicted octanol–water partition coefficient (Wildman–Crippen LogP) is 2.94. The van der Waals surface area contributed by atoms with Crippen LogP contribution in [-0.2, 0) is 11.2 Å². The molecule has 0 aliphatic rings. The van der Waals surface area contributed by atoms with Gasteiger partial charge in [0, 0.05) is 17.8 Å². The Kier molecular flexibility index (Phi) is 5.61. The van der Waals surface area contributed by atoms with Crippen molar-refractivity contribution >= 4 is 23.2 Å². The summed E-state index contributed by atoms with van der Waals surface area (Å²) in [4.78, 5) is 25.0. The minimum absolute atomic E-state index is 0.220. The predicted molar refractivity (Wildman–Crippen MR) is 109 cm³/mol. The van der Waals surface area contributed by atoms with Gasteiger partial charge in [0.2, 0.25) is 5.91 Å². The van der Waals surface area contributed by atoms with E-state index in [0.29, 0.717) is 17.8 Å². The van der Waals surface area contributed by atoms with Crippen LogP contribution in [0.25, 0.3) is 0 Å². The lowest BCUT2D eigenvalue weighted by Crippen LogP contribution is -2.28. The molecule has 4 aromatic rings. The van der Waals surface area contributed by atoms with E-state index in [4.69, 9.17) is 4.42 Å². The number of benzene rings is 2. The fourth-order valence-corrected chi connectivity index (χ4v) is 2.92. The maximum atomic E-state index is 12.9. The van der Waals surface area contributed by atoms with Crippen molar-refractivity contribution in [1.29, 1.82) is 0 Å². The Morgan fingerprint density at radius 1 is 0.933 bits per heavy atom. The second kappa shape index (κ2) is 8.82. The first kappa shape index (κ1) is 19.1. The van der Waals surface area contributed by atoms with Crippen molar-refractivity contribution in [3.8, 4) is 0 Å². The first-order chi connectivity index (χ1) is 14.7. The molecular formula is C21H18N6O3. The Balaban J connectivity index is 1.44. The summed E-state index contributed by atoms with van der Waals surface area (Å²) in [7, 11) is 0. The Labute approximate surface area is 171 Å². The van der Waals surface area contributed by atoms with E-state index in [9.17, 15) is 9.59 Å². The number of rotatable bonds is 7. The minimum Gasteiger partial charge on any atom is -0.459 e. The van der Waals surface area contributed by atoms with Crippen molar-refractivity contribution in [3.63, 3.8) is 0 Å². The zero-order valence-corrected chi connectivity index (χ0v) is 15.8. The van der Waals surface area contributed by atoms with Gasteiger partial charge in [0.25, 0.3) is 5.91 Å². The maximum absolute atomic E-state index is 12.9. The molecule has 2 amide bonds. The van der Waals surface area contributed by atoms with Gasteiger partial charge in [0.05, 0.1) is 6.26 Å². The highest BCUT2D eigenvalue weighted by Gasteiger charge is 2.22. The van der Waals surface area contributed by atoms with E-state index in [0.717, 1.165) is 5.56 Å². The average molecular weight is 402 g/mol. The van der Waals surface area contributed by atoms with Gasteiger partial charge in [0.1, 0.15) is 12.4 Å². The second-order valence-corrected chi connectivity index (χ2v) is 6.49. The first-order valence-electron chi connectivity index (χ1n) is 9.21. The third kappa shape index (κ3) is 4.58. The molecule has 9 nitrogen and oxygen atoms in total. The third-order valence-electron chi connectivity index (χ3n) is 4.41. The molecule has 2 N–H and O–H groups in total. The van der Waals surface area contributed by atoms with E-state index >= 15 is 0 Å². The normalized spacial score (nSPS) is 11.6. The van der Waals surface area contributed by atoms with E-state index in [1.165, 1.54) is 17.3 Å². The zero-order valence-electron chi connectivity index (χ0n) is 15.8. The number of hydrogen-bond acceptors (Lipinski definition) is 6. The van der Waals surface area contributed by atoms with E-state index in [2.05, 4.69) is 26.2 Å². The SMILES string of the molecule is O=C(Nc1ccc(NC(=O)C(Cc2ccccc2)n2cnnn2)cc1)c1ccco1. The summed E-state index contributed by atoms with van der Waals surface area (Å²) in [6.45, 7) is 0. The molecule has 4 rings (SSSR count). The average Bonchev–Trinajstić information content (AvgIpc) is 3.48. The van der Waals surface area contributed by atoms with Crippen molar-refractivity contribution in [3.05, 3.63) is 90.6 Å². The van der Waals surface area contributed by atoms with Crippen molar-refractivity contribution < 1.29 is 14.0 Å². The van der Waals surface area contributed by atoms with Crippen molar-refractivity contribution in [2.24, 2.45) is 0 Å². The van der Waals surface area contributed by atoms with Crippen LogP contribution in [0, 0.1) is 0 Å². The van der Waals surface area contributed by atoms with Gasteiger partial charge in [-0.1, -0.05) is 30.3 Å². The van der Waals surface area contributed by atoms with Crippen LogP contribution in [0.4, 0.5) is 11.4 Å². The summed E-state index contributed by atoms with van der Waals surface area (Å²) >= 11 is 0. The number of nitrogens with zero attached hydrogens (tertiary/aromatic N) is 4. The molecule has 0 aliphatic heterocycles. The summed E-state index contributed by atoms with van der Waals surface area (Å²) in [5.74, 6) is -0.380. The molecule has 30 heavy (non-hydrogen) atoms. The van der Waals surface area contributed by atoms with Crippen LogP contribution in [0.2, 0.25) is 0 Å². The van der Waals surface area contributed by atoms with Crippen LogP contribution >= 0.6 is 0 Å². The number of hydrogen-bond donors (Lipinski definition) is 2. The number of aromatic nitrogens is 4. The van der Waals surface area contributed by atoms with Gasteiger partial charge in [0.15, 0.2) is 5.76 Å². The van der Waals surface area contributed by atoms with Gasteiger partial charge in [-0.3, -0.25) is 9.59 Å². The molecule has 2 heterocycles. The molecule has 0 bridgehead atoms. The van der Waals surface area contributed by atoms with Gasteiger partial charge in [-0.05, 0) is 52.4 Å². The van der Waals surface area contributed by atoms with E-state index in [1.54, 1.807) is 36.4 Å². The molecular weight excluding hydrogens is 384 g/mol. The molecule has 2 aromatic carbocycles. The summed E-state index contributed by atoms with van der Waals surface area (Å²) in [5, 5.41) is 16.8. The minimum atomic E-state index is -0.610. The quantitative estimate of drug-likeness (QED) is 0.491. The fraction of sp³-hybridized carbons (Fsp3) is 0.0952. The Bertz CT molecular complexity index is 1090. The number of furan rings is 1. The molecule has 0 aliphatic carbocycles. The number of tetrazole rings is 1. The van der Waals surface area contributed by atoms with Gasteiger partial charge in [-0.15, -0.1) is 5.10 Å². The van der Waals surface area contributed by atoms with Gasteiger partial charge in [-0.2, -0.15) is 0 Å². The largest absolute Gasteiger partial charge is 0.459 e. The Hall–Kier alpha value is -4.27. The van der Waals surface area contributed by atoms with Crippen LogP contribution in [0.3, 0.4) is 0 Å². The topological polar surface area (TPSA) is 115 Å². The standard InChI is InChI=1S/C21H18N6O3/c28-20(18(27-14-22-25-26-27)13-15-5-2-1-3-6-15)23-16-8-10-17(11-9-16)24-21(29)19-7-4-12-30-19/h1-12,14,18H,13H2,(H,23,28)(H,24,29). The monoisotopic (exact) mass is 402 g/mol. The van der Waals surface area contributed by atoms with E-state index < -0.39 is 6.04 Å². The smallest absolute Gasteiger partial charge is 0.291 e. The van der Waals surface area contributed by atoms with Crippen LogP contribution in [-0.4, -0.2) is 32.0 Å². The highest BCUT2D eigenvalue weighted by Crippen LogP contribution is 2.19. The lowest BCUT2D eigenvalue weighted by Gasteiger charge is -2.16. The second-order valence-electron chi connectivity index (χ2n) is 6.49. The van der Waals surface area contributed by atoms with Gasteiger partial charge in [-0.25, -0.2) is 4.68 Å².